The van der Waals surface area contributed by atoms with Crippen LogP contribution in [0.25, 0.3) is 0 Å². The van der Waals surface area contributed by atoms with Crippen LogP contribution in [0.4, 0.5) is 0 Å². The van der Waals surface area contributed by atoms with Gasteiger partial charge in [0, 0.05) is 24.2 Å². The summed E-state index contributed by atoms with van der Waals surface area (Å²) in [5.41, 5.74) is 11.6. The Bertz CT molecular complexity index is 534. The largest absolute Gasteiger partial charge is 0.484 e. The molecule has 0 aliphatic carbocycles. The molecule has 1 aliphatic rings. The molecule has 0 saturated carbocycles. The first-order valence-electron chi connectivity index (χ1n) is 7.56. The van der Waals surface area contributed by atoms with E-state index in [-0.39, 0.29) is 37.0 Å². The van der Waals surface area contributed by atoms with E-state index in [2.05, 4.69) is 0 Å². The summed E-state index contributed by atoms with van der Waals surface area (Å²) in [6.07, 6.45) is 3.05. The third-order valence-electron chi connectivity index (χ3n) is 3.98. The summed E-state index contributed by atoms with van der Waals surface area (Å²) < 4.78 is 5.50. The van der Waals surface area contributed by atoms with Gasteiger partial charge in [-0.25, -0.2) is 0 Å². The summed E-state index contributed by atoms with van der Waals surface area (Å²) in [6, 6.07) is 6.46. The molecule has 0 aromatic heterocycles. The maximum absolute atomic E-state index is 12.3. The molecule has 2 amide bonds. The summed E-state index contributed by atoms with van der Waals surface area (Å²) >= 11 is 0. The van der Waals surface area contributed by atoms with E-state index >= 15 is 0 Å². The molecule has 1 saturated heterocycles. The van der Waals surface area contributed by atoms with E-state index in [1.165, 1.54) is 0 Å². The Labute approximate surface area is 142 Å². The van der Waals surface area contributed by atoms with Crippen molar-refractivity contribution in [1.29, 1.82) is 0 Å². The zero-order valence-corrected chi connectivity index (χ0v) is 14.1. The van der Waals surface area contributed by atoms with E-state index in [4.69, 9.17) is 16.2 Å². The molecule has 0 radical (unpaired) electrons. The Hall–Kier alpha value is -1.79. The predicted molar refractivity (Wildman–Crippen MR) is 90.7 cm³/mol. The van der Waals surface area contributed by atoms with Gasteiger partial charge < -0.3 is 21.1 Å². The lowest BCUT2D eigenvalue weighted by molar-refractivity contribution is -0.137. The number of nitrogens with two attached hydrogens (primary N) is 2. The lowest BCUT2D eigenvalue weighted by atomic mass is 9.97. The first kappa shape index (κ1) is 19.3. The number of rotatable bonds is 5. The highest BCUT2D eigenvalue weighted by atomic mass is 35.5. The number of likely N-dealkylation sites (tertiary alicyclic amines) is 1. The quantitative estimate of drug-likeness (QED) is 0.843. The van der Waals surface area contributed by atoms with Gasteiger partial charge in [0.1, 0.15) is 5.75 Å². The van der Waals surface area contributed by atoms with Crippen LogP contribution >= 0.6 is 12.4 Å². The topological polar surface area (TPSA) is 98.7 Å². The molecule has 4 N–H and O–H groups in total. The molecule has 7 heteroatoms. The van der Waals surface area contributed by atoms with Crippen LogP contribution in [-0.4, -0.2) is 41.9 Å². The Balaban J connectivity index is 0.00000264. The first-order valence-corrected chi connectivity index (χ1v) is 7.56. The van der Waals surface area contributed by atoms with Crippen molar-refractivity contribution in [2.75, 3.05) is 13.2 Å². The summed E-state index contributed by atoms with van der Waals surface area (Å²) in [5.74, 6) is -0.00981. The number of carbonyl (C=O) groups is 2. The van der Waals surface area contributed by atoms with E-state index in [1.807, 2.05) is 11.8 Å². The molecule has 0 bridgehead atoms. The fourth-order valence-electron chi connectivity index (χ4n) is 2.76. The van der Waals surface area contributed by atoms with Gasteiger partial charge >= 0.3 is 0 Å². The smallest absolute Gasteiger partial charge is 0.260 e. The number of hydrogen-bond donors (Lipinski definition) is 2. The van der Waals surface area contributed by atoms with Crippen LogP contribution in [0.1, 0.15) is 36.5 Å². The van der Waals surface area contributed by atoms with E-state index in [9.17, 15) is 9.59 Å². The summed E-state index contributed by atoms with van der Waals surface area (Å²) in [7, 11) is 0. The number of hydrogen-bond acceptors (Lipinski definition) is 4. The predicted octanol–water partition coefficient (Wildman–Crippen LogP) is 1.31. The van der Waals surface area contributed by atoms with Crippen LogP contribution in [-0.2, 0) is 4.79 Å². The Morgan fingerprint density at radius 3 is 2.52 bits per heavy atom. The molecular formula is C16H24ClN3O3. The number of nitrogens with zero attached hydrogens (tertiary/aromatic N) is 1. The number of piperidine rings is 1. The van der Waals surface area contributed by atoms with Crippen LogP contribution < -0.4 is 16.2 Å². The van der Waals surface area contributed by atoms with Crippen molar-refractivity contribution in [3.8, 4) is 5.75 Å². The molecular weight excluding hydrogens is 318 g/mol. The van der Waals surface area contributed by atoms with E-state index in [0.29, 0.717) is 11.3 Å². The number of primary amides is 1. The monoisotopic (exact) mass is 341 g/mol. The zero-order chi connectivity index (χ0) is 16.1. The molecule has 1 fully saturated rings. The van der Waals surface area contributed by atoms with E-state index < -0.39 is 5.91 Å². The van der Waals surface area contributed by atoms with Crippen LogP contribution in [0, 0.1) is 0 Å². The van der Waals surface area contributed by atoms with Gasteiger partial charge in [-0.05, 0) is 50.5 Å². The minimum Gasteiger partial charge on any atom is -0.484 e. The maximum atomic E-state index is 12.3. The van der Waals surface area contributed by atoms with Crippen LogP contribution in [0.5, 0.6) is 5.75 Å². The van der Waals surface area contributed by atoms with Gasteiger partial charge in [0.2, 0.25) is 5.91 Å². The fourth-order valence-corrected chi connectivity index (χ4v) is 2.76. The van der Waals surface area contributed by atoms with E-state index in [1.54, 1.807) is 24.3 Å². The van der Waals surface area contributed by atoms with Gasteiger partial charge in [-0.15, -0.1) is 12.4 Å². The second kappa shape index (κ2) is 8.74. The Morgan fingerprint density at radius 2 is 1.96 bits per heavy atom. The van der Waals surface area contributed by atoms with Crippen LogP contribution in [0.3, 0.4) is 0 Å². The molecule has 2 rings (SSSR count). The van der Waals surface area contributed by atoms with Crippen molar-refractivity contribution in [1.82, 2.24) is 4.90 Å². The van der Waals surface area contributed by atoms with Crippen molar-refractivity contribution >= 4 is 24.2 Å². The van der Waals surface area contributed by atoms with Crippen LogP contribution in [0.15, 0.2) is 24.3 Å². The van der Waals surface area contributed by atoms with Crippen molar-refractivity contribution < 1.29 is 14.3 Å². The lowest BCUT2D eigenvalue weighted by Crippen LogP contribution is -2.52. The molecule has 23 heavy (non-hydrogen) atoms. The SMILES string of the molecule is CC(N)C1CCCCN1C(=O)COc1ccc(C(N)=O)cc1.Cl. The normalized spacial score (nSPS) is 18.7. The van der Waals surface area contributed by atoms with Crippen molar-refractivity contribution in [3.63, 3.8) is 0 Å². The molecule has 1 aromatic rings. The molecule has 2 atom stereocenters. The van der Waals surface area contributed by atoms with Gasteiger partial charge in [0.15, 0.2) is 6.61 Å². The third-order valence-corrected chi connectivity index (χ3v) is 3.98. The lowest BCUT2D eigenvalue weighted by Gasteiger charge is -2.38. The van der Waals surface area contributed by atoms with Crippen molar-refractivity contribution in [2.45, 2.75) is 38.3 Å². The number of carbonyl (C=O) groups excluding carboxylic acids is 2. The van der Waals surface area contributed by atoms with Gasteiger partial charge in [0.05, 0.1) is 0 Å². The highest BCUT2D eigenvalue weighted by Crippen LogP contribution is 2.19. The Morgan fingerprint density at radius 1 is 1.30 bits per heavy atom. The third kappa shape index (κ3) is 5.11. The van der Waals surface area contributed by atoms with Crippen molar-refractivity contribution in [3.05, 3.63) is 29.8 Å². The second-order valence-electron chi connectivity index (χ2n) is 5.69. The summed E-state index contributed by atoms with van der Waals surface area (Å²) in [6.45, 7) is 2.63. The molecule has 0 spiro atoms. The number of halogens is 1. The molecule has 1 aliphatic heterocycles. The highest BCUT2D eigenvalue weighted by molar-refractivity contribution is 5.92. The summed E-state index contributed by atoms with van der Waals surface area (Å²) in [4.78, 5) is 25.2. The number of benzene rings is 1. The zero-order valence-electron chi connectivity index (χ0n) is 13.2. The minimum atomic E-state index is -0.490. The molecule has 1 heterocycles. The maximum Gasteiger partial charge on any atom is 0.260 e. The van der Waals surface area contributed by atoms with E-state index in [0.717, 1.165) is 25.8 Å². The first-order chi connectivity index (χ1) is 10.5. The number of ether oxygens (including phenoxy) is 1. The standard InChI is InChI=1S/C16H23N3O3.ClH/c1-11(17)14-4-2-3-9-19(14)15(20)10-22-13-7-5-12(6-8-13)16(18)21;/h5-8,11,14H,2-4,9-10,17H2,1H3,(H2,18,21);1H. The van der Waals surface area contributed by atoms with Crippen LogP contribution in [0.2, 0.25) is 0 Å². The summed E-state index contributed by atoms with van der Waals surface area (Å²) in [5, 5.41) is 0. The van der Waals surface area contributed by atoms with Gasteiger partial charge in [-0.1, -0.05) is 0 Å². The molecule has 128 valence electrons. The Kier molecular flexibility index (Phi) is 7.32. The van der Waals surface area contributed by atoms with Gasteiger partial charge in [-0.3, -0.25) is 9.59 Å². The number of amides is 2. The fraction of sp³-hybridized carbons (Fsp3) is 0.500. The average Bonchev–Trinajstić information content (AvgIpc) is 2.53. The molecule has 6 nitrogen and oxygen atoms in total. The average molecular weight is 342 g/mol. The van der Waals surface area contributed by atoms with Gasteiger partial charge in [0.25, 0.3) is 5.91 Å². The molecule has 1 aromatic carbocycles. The van der Waals surface area contributed by atoms with Crippen molar-refractivity contribution in [2.24, 2.45) is 11.5 Å². The van der Waals surface area contributed by atoms with Gasteiger partial charge in [-0.2, -0.15) is 0 Å². The second-order valence-corrected chi connectivity index (χ2v) is 5.69. The highest BCUT2D eigenvalue weighted by Gasteiger charge is 2.29. The molecule has 2 unspecified atom stereocenters. The minimum absolute atomic E-state index is 0.